The highest BCUT2D eigenvalue weighted by Crippen LogP contribution is 2.29. The number of benzene rings is 1. The highest BCUT2D eigenvalue weighted by atomic mass is 35.5. The second-order valence-electron chi connectivity index (χ2n) is 6.97. The van der Waals surface area contributed by atoms with Crippen LogP contribution >= 0.6 is 11.6 Å². The number of hydrogen-bond acceptors (Lipinski definition) is 4. The summed E-state index contributed by atoms with van der Waals surface area (Å²) < 4.78 is 11.2. The fraction of sp³-hybridized carbons (Fsp3) is 0.450. The van der Waals surface area contributed by atoms with Crippen LogP contribution in [0.3, 0.4) is 0 Å². The Hall–Kier alpha value is -1.82. The molecule has 0 N–H and O–H groups in total. The number of piperazine rings is 1. The number of amides is 1. The zero-order chi connectivity index (χ0) is 17.9. The van der Waals surface area contributed by atoms with Crippen molar-refractivity contribution in [1.82, 2.24) is 9.80 Å². The Morgan fingerprint density at radius 2 is 1.92 bits per heavy atom. The van der Waals surface area contributed by atoms with Crippen molar-refractivity contribution in [2.24, 2.45) is 5.92 Å². The highest BCUT2D eigenvalue weighted by Gasteiger charge is 2.26. The summed E-state index contributed by atoms with van der Waals surface area (Å²) in [5.41, 5.74) is 0.803. The third-order valence-corrected chi connectivity index (χ3v) is 5.49. The van der Waals surface area contributed by atoms with Crippen LogP contribution in [0.1, 0.15) is 17.0 Å². The Morgan fingerprint density at radius 1 is 1.12 bits per heavy atom. The number of carbonyl (C=O) groups excluding carboxylic acids is 1. The molecule has 2 aromatic rings. The minimum Gasteiger partial charge on any atom is -0.451 e. The summed E-state index contributed by atoms with van der Waals surface area (Å²) in [5, 5.41) is 0.616. The summed E-state index contributed by atoms with van der Waals surface area (Å²) in [5.74, 6) is 1.59. The number of nitrogens with zero attached hydrogens (tertiary/aromatic N) is 2. The first-order valence-electron chi connectivity index (χ1n) is 9.15. The molecule has 0 aliphatic carbocycles. The van der Waals surface area contributed by atoms with Gasteiger partial charge in [-0.05, 0) is 36.6 Å². The Kier molecular flexibility index (Phi) is 5.29. The lowest BCUT2D eigenvalue weighted by molar-refractivity contribution is 0.0582. The molecule has 0 spiro atoms. The van der Waals surface area contributed by atoms with Crippen molar-refractivity contribution in [2.45, 2.75) is 6.42 Å². The normalized spacial score (nSPS) is 21.3. The van der Waals surface area contributed by atoms with Crippen LogP contribution in [0.25, 0.3) is 11.3 Å². The fourth-order valence-electron chi connectivity index (χ4n) is 3.64. The molecule has 2 fully saturated rings. The molecule has 0 saturated carbocycles. The Bertz CT molecular complexity index is 762. The largest absolute Gasteiger partial charge is 0.451 e. The topological polar surface area (TPSA) is 45.9 Å². The minimum atomic E-state index is -0.0489. The quantitative estimate of drug-likeness (QED) is 0.822. The van der Waals surface area contributed by atoms with Gasteiger partial charge in [-0.15, -0.1) is 0 Å². The van der Waals surface area contributed by atoms with Crippen LogP contribution in [-0.2, 0) is 4.74 Å². The molecule has 1 atom stereocenters. The molecule has 2 aliphatic rings. The first-order valence-corrected chi connectivity index (χ1v) is 9.52. The molecule has 1 amide bonds. The van der Waals surface area contributed by atoms with E-state index < -0.39 is 0 Å². The zero-order valence-electron chi connectivity index (χ0n) is 14.7. The molecular weight excluding hydrogens is 352 g/mol. The van der Waals surface area contributed by atoms with Crippen LogP contribution in [0.5, 0.6) is 0 Å². The molecule has 0 bridgehead atoms. The van der Waals surface area contributed by atoms with E-state index >= 15 is 0 Å². The Morgan fingerprint density at radius 3 is 2.65 bits per heavy atom. The zero-order valence-corrected chi connectivity index (χ0v) is 15.5. The van der Waals surface area contributed by atoms with Crippen LogP contribution in [0.4, 0.5) is 0 Å². The fourth-order valence-corrected chi connectivity index (χ4v) is 3.87. The third-order valence-electron chi connectivity index (χ3n) is 5.16. The van der Waals surface area contributed by atoms with Crippen molar-refractivity contribution < 1.29 is 13.9 Å². The summed E-state index contributed by atoms with van der Waals surface area (Å²) >= 11 is 6.21. The second kappa shape index (κ2) is 7.82. The molecule has 0 radical (unpaired) electrons. The van der Waals surface area contributed by atoms with Crippen LogP contribution in [0.2, 0.25) is 5.02 Å². The molecule has 6 heteroatoms. The van der Waals surface area contributed by atoms with Crippen LogP contribution in [-0.4, -0.2) is 61.6 Å². The van der Waals surface area contributed by atoms with Crippen molar-refractivity contribution in [2.75, 3.05) is 45.9 Å². The van der Waals surface area contributed by atoms with Crippen LogP contribution < -0.4 is 0 Å². The van der Waals surface area contributed by atoms with Crippen LogP contribution in [0.15, 0.2) is 40.8 Å². The lowest BCUT2D eigenvalue weighted by Crippen LogP contribution is -2.49. The van der Waals surface area contributed by atoms with Gasteiger partial charge in [-0.1, -0.05) is 23.7 Å². The monoisotopic (exact) mass is 374 g/mol. The van der Waals surface area contributed by atoms with Crippen molar-refractivity contribution in [3.8, 4) is 11.3 Å². The van der Waals surface area contributed by atoms with E-state index in [1.165, 1.54) is 0 Å². The standard InChI is InChI=1S/C20H23ClN2O3/c21-17-4-2-1-3-16(17)18-5-6-19(26-18)20(24)23-10-8-22(9-11-23)13-15-7-12-25-14-15/h1-6,15H,7-14H2. The van der Waals surface area contributed by atoms with Crippen LogP contribution in [0, 0.1) is 5.92 Å². The van der Waals surface area contributed by atoms with E-state index in [2.05, 4.69) is 4.90 Å². The molecule has 1 aromatic heterocycles. The number of halogens is 1. The molecule has 3 heterocycles. The molecule has 1 aromatic carbocycles. The predicted octanol–water partition coefficient (Wildman–Crippen LogP) is 3.39. The second-order valence-corrected chi connectivity index (χ2v) is 7.37. The van der Waals surface area contributed by atoms with E-state index in [0.29, 0.717) is 22.5 Å². The molecule has 138 valence electrons. The lowest BCUT2D eigenvalue weighted by Gasteiger charge is -2.35. The van der Waals surface area contributed by atoms with Gasteiger partial charge in [-0.25, -0.2) is 0 Å². The lowest BCUT2D eigenvalue weighted by atomic mass is 10.1. The predicted molar refractivity (Wildman–Crippen MR) is 100 cm³/mol. The van der Waals surface area contributed by atoms with Gasteiger partial charge < -0.3 is 14.1 Å². The smallest absolute Gasteiger partial charge is 0.289 e. The van der Waals surface area contributed by atoms with E-state index in [1.807, 2.05) is 35.2 Å². The molecular formula is C20H23ClN2O3. The van der Waals surface area contributed by atoms with Gasteiger partial charge in [-0.2, -0.15) is 0 Å². The van der Waals surface area contributed by atoms with Gasteiger partial charge >= 0.3 is 0 Å². The van der Waals surface area contributed by atoms with E-state index in [4.69, 9.17) is 20.8 Å². The molecule has 4 rings (SSSR count). The third kappa shape index (κ3) is 3.80. The number of rotatable bonds is 4. The SMILES string of the molecule is O=C(c1ccc(-c2ccccc2Cl)o1)N1CCN(CC2CCOC2)CC1. The highest BCUT2D eigenvalue weighted by molar-refractivity contribution is 6.33. The van der Waals surface area contributed by atoms with Gasteiger partial charge in [-0.3, -0.25) is 9.69 Å². The molecule has 1 unspecified atom stereocenters. The van der Waals surface area contributed by atoms with Crippen molar-refractivity contribution >= 4 is 17.5 Å². The summed E-state index contributed by atoms with van der Waals surface area (Å²) in [6, 6.07) is 11.0. The maximum Gasteiger partial charge on any atom is 0.289 e. The Balaban J connectivity index is 1.36. The van der Waals surface area contributed by atoms with Gasteiger partial charge in [0, 0.05) is 44.9 Å². The number of carbonyl (C=O) groups is 1. The molecule has 26 heavy (non-hydrogen) atoms. The summed E-state index contributed by atoms with van der Waals surface area (Å²) in [7, 11) is 0. The summed E-state index contributed by atoms with van der Waals surface area (Å²) in [4.78, 5) is 17.0. The van der Waals surface area contributed by atoms with Gasteiger partial charge in [0.25, 0.3) is 5.91 Å². The number of hydrogen-bond donors (Lipinski definition) is 0. The maximum atomic E-state index is 12.7. The van der Waals surface area contributed by atoms with Gasteiger partial charge in [0.15, 0.2) is 5.76 Å². The minimum absolute atomic E-state index is 0.0489. The summed E-state index contributed by atoms with van der Waals surface area (Å²) in [6.45, 7) is 6.09. The van der Waals surface area contributed by atoms with Crippen molar-refractivity contribution in [3.05, 3.63) is 47.2 Å². The van der Waals surface area contributed by atoms with Crippen molar-refractivity contribution in [3.63, 3.8) is 0 Å². The van der Waals surface area contributed by atoms with E-state index in [9.17, 15) is 4.79 Å². The molecule has 5 nitrogen and oxygen atoms in total. The van der Waals surface area contributed by atoms with Gasteiger partial charge in [0.2, 0.25) is 0 Å². The Labute approximate surface area is 158 Å². The van der Waals surface area contributed by atoms with Crippen molar-refractivity contribution in [1.29, 1.82) is 0 Å². The molecule has 2 saturated heterocycles. The average molecular weight is 375 g/mol. The average Bonchev–Trinajstić information content (AvgIpc) is 3.34. The number of furan rings is 1. The van der Waals surface area contributed by atoms with E-state index in [1.54, 1.807) is 6.07 Å². The van der Waals surface area contributed by atoms with Gasteiger partial charge in [0.1, 0.15) is 5.76 Å². The first-order chi connectivity index (χ1) is 12.7. The van der Waals surface area contributed by atoms with E-state index in [-0.39, 0.29) is 5.91 Å². The van der Waals surface area contributed by atoms with Gasteiger partial charge in [0.05, 0.1) is 11.6 Å². The first kappa shape index (κ1) is 17.6. The number of ether oxygens (including phenoxy) is 1. The maximum absolute atomic E-state index is 12.7. The van der Waals surface area contributed by atoms with E-state index in [0.717, 1.165) is 57.9 Å². The molecule has 2 aliphatic heterocycles. The summed E-state index contributed by atoms with van der Waals surface area (Å²) in [6.07, 6.45) is 1.15.